The summed E-state index contributed by atoms with van der Waals surface area (Å²) >= 11 is 0. The summed E-state index contributed by atoms with van der Waals surface area (Å²) < 4.78 is 0. The predicted molar refractivity (Wildman–Crippen MR) is 149 cm³/mol. The van der Waals surface area contributed by atoms with Gasteiger partial charge in [0.1, 0.15) is 11.4 Å². The van der Waals surface area contributed by atoms with E-state index in [1.807, 2.05) is 0 Å². The van der Waals surface area contributed by atoms with Crippen molar-refractivity contribution in [1.29, 1.82) is 0 Å². The summed E-state index contributed by atoms with van der Waals surface area (Å²) in [6, 6.07) is 14.7. The van der Waals surface area contributed by atoms with Gasteiger partial charge in [0, 0.05) is 24.3 Å². The molecule has 3 aromatic heterocycles. The first-order valence-electron chi connectivity index (χ1n) is 10.3. The molecular formula is C19H25FeN12O14+2. The van der Waals surface area contributed by atoms with Gasteiger partial charge >= 0.3 is 17.1 Å². The minimum Gasteiger partial charge on any atom is -0.853 e. The summed E-state index contributed by atoms with van der Waals surface area (Å²) in [5.41, 5.74) is 12.7. The molecule has 3 aromatic rings. The molecule has 26 nitrogen and oxygen atoms in total. The van der Waals surface area contributed by atoms with E-state index in [9.17, 15) is 10.2 Å². The summed E-state index contributed by atoms with van der Waals surface area (Å²) in [5, 5.41) is 82.7. The summed E-state index contributed by atoms with van der Waals surface area (Å²) in [7, 11) is 0. The molecule has 1 radical (unpaired) electrons. The second-order valence-electron chi connectivity index (χ2n) is 6.41. The molecule has 0 spiro atoms. The van der Waals surface area contributed by atoms with Crippen LogP contribution in [0, 0.1) is 46.0 Å². The van der Waals surface area contributed by atoms with Gasteiger partial charge in [-0.15, -0.1) is 10.2 Å². The number of amidine groups is 2. The molecule has 27 heteroatoms. The smallest absolute Gasteiger partial charge is 0.853 e. The van der Waals surface area contributed by atoms with Gasteiger partial charge in [-0.25, -0.2) is 15.0 Å². The molecule has 3 rings (SSSR count). The number of hydrogen-bond donors (Lipinski definition) is 2. The number of aromatic nitrogens is 3. The Morgan fingerprint density at radius 3 is 1.17 bits per heavy atom. The molecule has 0 fully saturated rings. The molecule has 3 heterocycles. The molecular weight excluding hydrogens is 676 g/mol. The van der Waals surface area contributed by atoms with Crippen LogP contribution in [0.2, 0.25) is 0 Å². The second kappa shape index (κ2) is 27.2. The van der Waals surface area contributed by atoms with E-state index in [0.29, 0.717) is 0 Å². The maximum Gasteiger partial charge on any atom is 3.00 e. The number of nitrogens with two attached hydrogens (primary N) is 2. The number of H-pyrrole nitrogens is 2. The van der Waals surface area contributed by atoms with Gasteiger partial charge in [0.25, 0.3) is 0 Å². The van der Waals surface area contributed by atoms with Crippen molar-refractivity contribution in [3.05, 3.63) is 136 Å². The van der Waals surface area contributed by atoms with Crippen LogP contribution < -0.4 is 31.6 Å². The largest absolute Gasteiger partial charge is 3.00 e. The van der Waals surface area contributed by atoms with Crippen molar-refractivity contribution in [1.82, 2.24) is 4.98 Å². The van der Waals surface area contributed by atoms with Crippen molar-refractivity contribution in [2.24, 2.45) is 31.9 Å². The second-order valence-corrected chi connectivity index (χ2v) is 6.41. The molecule has 0 saturated heterocycles. The first-order chi connectivity index (χ1) is 19.7. The van der Waals surface area contributed by atoms with E-state index in [4.69, 9.17) is 57.4 Å². The zero-order chi connectivity index (χ0) is 32.1. The summed E-state index contributed by atoms with van der Waals surface area (Å²) in [4.78, 5) is 34.5. The van der Waals surface area contributed by atoms with Crippen molar-refractivity contribution >= 4 is 23.5 Å². The summed E-state index contributed by atoms with van der Waals surface area (Å²) in [6.07, 6.45) is 3.18. The molecule has 0 bridgehead atoms. The third kappa shape index (κ3) is 24.0. The third-order valence-electron chi connectivity index (χ3n) is 3.65. The topological polar surface area (TPSA) is 485 Å². The van der Waals surface area contributed by atoms with Crippen LogP contribution in [0.3, 0.4) is 0 Å². The number of nitrogens with one attached hydrogen (secondary N) is 2. The number of nitrogens with zero attached hydrogens (tertiary/aromatic N) is 8. The molecule has 0 amide bonds. The van der Waals surface area contributed by atoms with Crippen LogP contribution in [-0.4, -0.2) is 49.2 Å². The normalized spacial score (nSPS) is 10.3. The minimum atomic E-state index is -1.75. The summed E-state index contributed by atoms with van der Waals surface area (Å²) in [6.45, 7) is 0. The van der Waals surface area contributed by atoms with E-state index in [1.54, 1.807) is 67.0 Å². The average molecular weight is 701 g/mol. The van der Waals surface area contributed by atoms with Crippen molar-refractivity contribution in [2.45, 2.75) is 0 Å². The van der Waals surface area contributed by atoms with Crippen molar-refractivity contribution in [3.63, 3.8) is 0 Å². The number of aromatic amines is 2. The molecule has 0 aliphatic carbocycles. The number of pyridine rings is 3. The first kappa shape index (κ1) is 49.0. The Kier molecular flexibility index (Phi) is 29.0. The Labute approximate surface area is 265 Å². The maximum atomic E-state index is 12.0. The van der Waals surface area contributed by atoms with Gasteiger partial charge in [0.05, 0.1) is 27.1 Å². The van der Waals surface area contributed by atoms with Gasteiger partial charge < -0.3 is 84.1 Å². The SMILES string of the molecule is N/C(=N\N=C(/[O-])c1cccc[nH+]1)c1cccc(/C(N)=N/N=C(\[O-])c2cccc[nH+]2)n1.O.O=[N+]([O-])[O-].O=[N+]([O-])[O-].O=[N+]([O-])[O-].[Fe+3].[OH3+].[OH3+]. The minimum absolute atomic E-state index is 0. The third-order valence-corrected chi connectivity index (χ3v) is 3.65. The predicted octanol–water partition coefficient (Wildman–Crippen LogP) is -5.82. The number of hydrogen-bond acceptors (Lipinski definition) is 16. The van der Waals surface area contributed by atoms with E-state index in [2.05, 4.69) is 35.4 Å². The Morgan fingerprint density at radius 1 is 0.609 bits per heavy atom. The zero-order valence-corrected chi connectivity index (χ0v) is 23.7. The molecule has 0 aliphatic rings. The summed E-state index contributed by atoms with van der Waals surface area (Å²) in [5.74, 6) is -1.38. The molecule has 0 saturated carbocycles. The van der Waals surface area contributed by atoms with Gasteiger partial charge in [-0.05, 0) is 24.3 Å². The molecule has 251 valence electrons. The van der Waals surface area contributed by atoms with Gasteiger partial charge in [0.2, 0.25) is 11.4 Å². The molecule has 0 atom stereocenters. The van der Waals surface area contributed by atoms with Crippen LogP contribution in [-0.2, 0) is 28.0 Å². The van der Waals surface area contributed by atoms with E-state index in [0.717, 1.165) is 0 Å². The Hall–Kier alpha value is -6.67. The maximum absolute atomic E-state index is 12.0. The van der Waals surface area contributed by atoms with Crippen LogP contribution in [0.5, 0.6) is 0 Å². The van der Waals surface area contributed by atoms with E-state index >= 15 is 0 Å². The molecule has 14 N–H and O–H groups in total. The molecule has 46 heavy (non-hydrogen) atoms. The Bertz CT molecular complexity index is 1320. The van der Waals surface area contributed by atoms with Crippen LogP contribution in [0.1, 0.15) is 22.8 Å². The molecule has 0 unspecified atom stereocenters. The van der Waals surface area contributed by atoms with Crippen LogP contribution in [0.4, 0.5) is 0 Å². The quantitative estimate of drug-likeness (QED) is 0.0604. The number of rotatable bonds is 6. The molecule has 0 aromatic carbocycles. The van der Waals surface area contributed by atoms with E-state index < -0.39 is 27.1 Å². The van der Waals surface area contributed by atoms with E-state index in [-0.39, 0.29) is 67.9 Å². The molecule has 0 aliphatic heterocycles. The van der Waals surface area contributed by atoms with E-state index in [1.165, 1.54) is 0 Å². The van der Waals surface area contributed by atoms with Gasteiger partial charge in [-0.1, -0.05) is 6.07 Å². The van der Waals surface area contributed by atoms with Crippen LogP contribution in [0.15, 0.2) is 87.4 Å². The fourth-order valence-electron chi connectivity index (χ4n) is 2.18. The fourth-order valence-corrected chi connectivity index (χ4v) is 2.18. The van der Waals surface area contributed by atoms with Crippen molar-refractivity contribution < 1.29 is 68.9 Å². The van der Waals surface area contributed by atoms with Gasteiger partial charge in [-0.3, -0.25) is 0 Å². The van der Waals surface area contributed by atoms with Crippen LogP contribution in [0.25, 0.3) is 0 Å². The fraction of sp³-hybridized carbons (Fsp3) is 0. The monoisotopic (exact) mass is 701 g/mol. The zero-order valence-electron chi connectivity index (χ0n) is 22.6. The van der Waals surface area contributed by atoms with Gasteiger partial charge in [-0.2, -0.15) is 10.2 Å². The van der Waals surface area contributed by atoms with Gasteiger partial charge in [0.15, 0.2) is 24.1 Å². The standard InChI is InChI=1S/C19H17N9O2.Fe.3NO3.3H2O/c20-16(25-27-18(29)14-6-1-3-10-22-14)12-8-5-9-13(24-12)17(21)26-28-19(30)15-7-2-4-11-23-15;;3*2-1(3)4;;;/h1-11H,(H2,20,25)(H2,21,26)(H,27,29)(H,28,30);;;;;3*1H2/q;+3;3*-1;;;/p+2. The first-order valence-corrected chi connectivity index (χ1v) is 10.3. The van der Waals surface area contributed by atoms with Crippen molar-refractivity contribution in [3.8, 4) is 0 Å². The van der Waals surface area contributed by atoms with Crippen molar-refractivity contribution in [2.75, 3.05) is 0 Å². The van der Waals surface area contributed by atoms with Crippen LogP contribution >= 0.6 is 0 Å². The average Bonchev–Trinajstić information content (AvgIpc) is 2.94. The Morgan fingerprint density at radius 2 is 0.913 bits per heavy atom. The Balaban J connectivity index is -0.000000303.